The summed E-state index contributed by atoms with van der Waals surface area (Å²) in [5, 5.41) is 13.3. The van der Waals surface area contributed by atoms with Gasteiger partial charge in [-0.25, -0.2) is 0 Å². The minimum Gasteiger partial charge on any atom is -0.494 e. The zero-order chi connectivity index (χ0) is 18.4. The number of nitro groups is 1. The number of nitrogens with zero attached hydrogens (tertiary/aromatic N) is 1. The Hall–Kier alpha value is -2.90. The molecule has 134 valence electrons. The number of amides is 1. The number of esters is 1. The summed E-state index contributed by atoms with van der Waals surface area (Å²) >= 11 is 0. The maximum absolute atomic E-state index is 12.2. The number of carbonyl (C=O) groups is 2. The standard InChI is InChI=1S/C17H20N2O6/c1-11(25-16(20)9-12-5-3-4-6-12)17(21)18-14-8-7-13(19(22)23)10-15(14)24-2/h3,5,7-8,10-12H,4,6,9H2,1-2H3,(H,18,21)/t11-,12-/m1/s1. The molecule has 0 radical (unpaired) electrons. The van der Waals surface area contributed by atoms with E-state index in [-0.39, 0.29) is 29.5 Å². The predicted octanol–water partition coefficient (Wildman–Crippen LogP) is 2.83. The van der Waals surface area contributed by atoms with E-state index < -0.39 is 22.9 Å². The van der Waals surface area contributed by atoms with Crippen molar-refractivity contribution in [2.75, 3.05) is 12.4 Å². The molecule has 1 aliphatic rings. The summed E-state index contributed by atoms with van der Waals surface area (Å²) in [4.78, 5) is 34.3. The summed E-state index contributed by atoms with van der Waals surface area (Å²) in [6.45, 7) is 1.47. The zero-order valence-corrected chi connectivity index (χ0v) is 14.1. The van der Waals surface area contributed by atoms with Gasteiger partial charge in [-0.05, 0) is 31.7 Å². The zero-order valence-electron chi connectivity index (χ0n) is 14.1. The first-order valence-corrected chi connectivity index (χ1v) is 7.90. The number of hydrogen-bond acceptors (Lipinski definition) is 6. The molecule has 1 aromatic carbocycles. The van der Waals surface area contributed by atoms with E-state index in [9.17, 15) is 19.7 Å². The second-order valence-electron chi connectivity index (χ2n) is 5.73. The number of non-ortho nitro benzene ring substituents is 1. The van der Waals surface area contributed by atoms with E-state index in [1.54, 1.807) is 0 Å². The van der Waals surface area contributed by atoms with Crippen molar-refractivity contribution in [3.05, 3.63) is 40.5 Å². The molecule has 0 unspecified atom stereocenters. The Kier molecular flexibility index (Phi) is 6.10. The highest BCUT2D eigenvalue weighted by molar-refractivity contribution is 5.96. The topological polar surface area (TPSA) is 108 Å². The van der Waals surface area contributed by atoms with Crippen molar-refractivity contribution >= 4 is 23.3 Å². The average molecular weight is 348 g/mol. The number of allylic oxidation sites excluding steroid dienone is 2. The molecule has 1 amide bonds. The summed E-state index contributed by atoms with van der Waals surface area (Å²) in [7, 11) is 1.34. The SMILES string of the molecule is COc1cc([N+](=O)[O-])ccc1NC(=O)[C@@H](C)OC(=O)C[C@@H]1C=CCC1. The van der Waals surface area contributed by atoms with Gasteiger partial charge in [0.15, 0.2) is 6.10 Å². The molecule has 0 heterocycles. The molecule has 8 nitrogen and oxygen atoms in total. The second kappa shape index (κ2) is 8.27. The fourth-order valence-corrected chi connectivity index (χ4v) is 2.51. The number of hydrogen-bond donors (Lipinski definition) is 1. The fraction of sp³-hybridized carbons (Fsp3) is 0.412. The van der Waals surface area contributed by atoms with E-state index in [1.165, 1.54) is 32.2 Å². The number of benzene rings is 1. The maximum Gasteiger partial charge on any atom is 0.307 e. The lowest BCUT2D eigenvalue weighted by Gasteiger charge is -2.16. The van der Waals surface area contributed by atoms with Gasteiger partial charge in [0.2, 0.25) is 0 Å². The number of nitrogens with one attached hydrogen (secondary N) is 1. The molecule has 1 aromatic rings. The summed E-state index contributed by atoms with van der Waals surface area (Å²) < 4.78 is 10.2. The molecular formula is C17H20N2O6. The molecular weight excluding hydrogens is 328 g/mol. The highest BCUT2D eigenvalue weighted by atomic mass is 16.6. The van der Waals surface area contributed by atoms with Crippen molar-refractivity contribution in [1.29, 1.82) is 0 Å². The minimum absolute atomic E-state index is 0.150. The van der Waals surface area contributed by atoms with Crippen molar-refractivity contribution in [1.82, 2.24) is 0 Å². The molecule has 1 aliphatic carbocycles. The van der Waals surface area contributed by atoms with Crippen LogP contribution in [0, 0.1) is 16.0 Å². The summed E-state index contributed by atoms with van der Waals surface area (Å²) in [5.41, 5.74) is 0.110. The summed E-state index contributed by atoms with van der Waals surface area (Å²) in [5.74, 6) is -0.660. The lowest BCUT2D eigenvalue weighted by molar-refractivity contribution is -0.384. The molecule has 0 fully saturated rings. The quantitative estimate of drug-likeness (QED) is 0.351. The highest BCUT2D eigenvalue weighted by Gasteiger charge is 2.22. The van der Waals surface area contributed by atoms with Crippen LogP contribution in [0.15, 0.2) is 30.4 Å². The van der Waals surface area contributed by atoms with Crippen LogP contribution in [0.4, 0.5) is 11.4 Å². The van der Waals surface area contributed by atoms with Crippen molar-refractivity contribution in [2.45, 2.75) is 32.3 Å². The average Bonchev–Trinajstić information content (AvgIpc) is 3.07. The van der Waals surface area contributed by atoms with Gasteiger partial charge in [0.25, 0.3) is 11.6 Å². The molecule has 0 saturated heterocycles. The summed E-state index contributed by atoms with van der Waals surface area (Å²) in [6, 6.07) is 3.83. The first-order chi connectivity index (χ1) is 11.9. The number of ether oxygens (including phenoxy) is 2. The van der Waals surface area contributed by atoms with Crippen LogP contribution in [0.2, 0.25) is 0 Å². The molecule has 1 N–H and O–H groups in total. The van der Waals surface area contributed by atoms with Crippen molar-refractivity contribution in [3.63, 3.8) is 0 Å². The Morgan fingerprint density at radius 1 is 1.44 bits per heavy atom. The first-order valence-electron chi connectivity index (χ1n) is 7.90. The van der Waals surface area contributed by atoms with E-state index in [4.69, 9.17) is 9.47 Å². The fourth-order valence-electron chi connectivity index (χ4n) is 2.51. The predicted molar refractivity (Wildman–Crippen MR) is 90.3 cm³/mol. The van der Waals surface area contributed by atoms with E-state index in [2.05, 4.69) is 5.32 Å². The minimum atomic E-state index is -0.988. The van der Waals surface area contributed by atoms with Crippen molar-refractivity contribution in [3.8, 4) is 5.75 Å². The monoisotopic (exact) mass is 348 g/mol. The van der Waals surface area contributed by atoms with E-state index >= 15 is 0 Å². The maximum atomic E-state index is 12.2. The second-order valence-corrected chi connectivity index (χ2v) is 5.73. The first kappa shape index (κ1) is 18.4. The number of rotatable bonds is 7. The highest BCUT2D eigenvalue weighted by Crippen LogP contribution is 2.29. The molecule has 0 aliphatic heterocycles. The van der Waals surface area contributed by atoms with Gasteiger partial charge in [0.05, 0.1) is 30.2 Å². The summed E-state index contributed by atoms with van der Waals surface area (Å²) in [6.07, 6.45) is 5.12. The van der Waals surface area contributed by atoms with Crippen LogP contribution in [0.3, 0.4) is 0 Å². The van der Waals surface area contributed by atoms with E-state index in [0.717, 1.165) is 12.8 Å². The molecule has 2 atom stereocenters. The van der Waals surface area contributed by atoms with Gasteiger partial charge in [0.1, 0.15) is 5.75 Å². The van der Waals surface area contributed by atoms with Crippen LogP contribution in [0.5, 0.6) is 5.75 Å². The van der Waals surface area contributed by atoms with Gasteiger partial charge in [0, 0.05) is 6.07 Å². The largest absolute Gasteiger partial charge is 0.494 e. The lowest BCUT2D eigenvalue weighted by Crippen LogP contribution is -2.30. The van der Waals surface area contributed by atoms with Gasteiger partial charge in [-0.1, -0.05) is 12.2 Å². The Morgan fingerprint density at radius 3 is 2.80 bits per heavy atom. The van der Waals surface area contributed by atoms with Crippen LogP contribution in [0.25, 0.3) is 0 Å². The van der Waals surface area contributed by atoms with Crippen molar-refractivity contribution < 1.29 is 24.0 Å². The smallest absolute Gasteiger partial charge is 0.307 e. The third-order valence-electron chi connectivity index (χ3n) is 3.87. The Bertz CT molecular complexity index is 700. The van der Waals surface area contributed by atoms with E-state index in [0.29, 0.717) is 0 Å². The van der Waals surface area contributed by atoms with Crippen LogP contribution in [-0.2, 0) is 14.3 Å². The third-order valence-corrected chi connectivity index (χ3v) is 3.87. The lowest BCUT2D eigenvalue weighted by atomic mass is 10.1. The molecule has 8 heteroatoms. The molecule has 25 heavy (non-hydrogen) atoms. The van der Waals surface area contributed by atoms with Gasteiger partial charge in [-0.2, -0.15) is 0 Å². The number of carbonyl (C=O) groups excluding carboxylic acids is 2. The third kappa shape index (κ3) is 5.03. The Balaban J connectivity index is 1.94. The molecule has 0 bridgehead atoms. The number of methoxy groups -OCH3 is 1. The number of anilines is 1. The Morgan fingerprint density at radius 2 is 2.20 bits per heavy atom. The van der Waals surface area contributed by atoms with Crippen LogP contribution in [0.1, 0.15) is 26.2 Å². The molecule has 0 saturated carbocycles. The number of nitro benzene ring substituents is 1. The van der Waals surface area contributed by atoms with Gasteiger partial charge < -0.3 is 14.8 Å². The molecule has 0 aromatic heterocycles. The van der Waals surface area contributed by atoms with Crippen molar-refractivity contribution in [2.24, 2.45) is 5.92 Å². The van der Waals surface area contributed by atoms with Gasteiger partial charge in [-0.3, -0.25) is 19.7 Å². The Labute approximate surface area is 145 Å². The van der Waals surface area contributed by atoms with E-state index in [1.807, 2.05) is 12.2 Å². The van der Waals surface area contributed by atoms with Crippen LogP contribution >= 0.6 is 0 Å². The normalized spacial score (nSPS) is 17.0. The van der Waals surface area contributed by atoms with Crippen LogP contribution < -0.4 is 10.1 Å². The molecule has 2 rings (SSSR count). The van der Waals surface area contributed by atoms with Gasteiger partial charge >= 0.3 is 5.97 Å². The van der Waals surface area contributed by atoms with Crippen LogP contribution in [-0.4, -0.2) is 30.0 Å². The molecule has 0 spiro atoms. The van der Waals surface area contributed by atoms with Gasteiger partial charge in [-0.15, -0.1) is 0 Å².